The third-order valence-electron chi connectivity index (χ3n) is 0.808. The molecular formula is C5H5F2NS. The Balaban J connectivity index is 2.90. The van der Waals surface area contributed by atoms with Gasteiger partial charge in [-0.3, -0.25) is 0 Å². The fourth-order valence-corrected chi connectivity index (χ4v) is 1.02. The lowest BCUT2D eigenvalue weighted by Gasteiger charge is -2.02. The number of hydrogen-bond donors (Lipinski definition) is 0. The Morgan fingerprint density at radius 2 is 2.33 bits per heavy atom. The fraction of sp³-hybridized carbons (Fsp3) is 0.400. The van der Waals surface area contributed by atoms with Crippen LogP contribution in [0.5, 0.6) is 0 Å². The van der Waals surface area contributed by atoms with E-state index >= 15 is 0 Å². The molecule has 0 aliphatic carbocycles. The minimum absolute atomic E-state index is 0.123. The van der Waals surface area contributed by atoms with Crippen LogP contribution in [-0.2, 0) is 5.92 Å². The van der Waals surface area contributed by atoms with E-state index in [0.717, 1.165) is 18.3 Å². The van der Waals surface area contributed by atoms with Gasteiger partial charge in [0.15, 0.2) is 5.01 Å². The lowest BCUT2D eigenvalue weighted by atomic mass is 10.4. The first-order valence-corrected chi connectivity index (χ1v) is 3.26. The van der Waals surface area contributed by atoms with E-state index in [1.807, 2.05) is 0 Å². The van der Waals surface area contributed by atoms with E-state index in [4.69, 9.17) is 0 Å². The van der Waals surface area contributed by atoms with Gasteiger partial charge in [-0.05, 0) is 0 Å². The molecule has 0 aromatic carbocycles. The zero-order chi connectivity index (χ0) is 6.91. The van der Waals surface area contributed by atoms with E-state index < -0.39 is 5.92 Å². The molecule has 0 radical (unpaired) electrons. The van der Waals surface area contributed by atoms with Crippen LogP contribution >= 0.6 is 11.3 Å². The second kappa shape index (κ2) is 2.02. The fourth-order valence-electron chi connectivity index (χ4n) is 0.440. The van der Waals surface area contributed by atoms with E-state index in [0.29, 0.717) is 0 Å². The maximum absolute atomic E-state index is 12.2. The maximum atomic E-state index is 12.2. The van der Waals surface area contributed by atoms with Crippen LogP contribution in [0.15, 0.2) is 11.6 Å². The van der Waals surface area contributed by atoms with Crippen molar-refractivity contribution in [2.75, 3.05) is 0 Å². The van der Waals surface area contributed by atoms with Crippen LogP contribution < -0.4 is 0 Å². The summed E-state index contributed by atoms with van der Waals surface area (Å²) in [5, 5.41) is 1.41. The van der Waals surface area contributed by atoms with Crippen LogP contribution in [0.3, 0.4) is 0 Å². The number of thiazole rings is 1. The van der Waals surface area contributed by atoms with Crippen LogP contribution in [-0.4, -0.2) is 4.98 Å². The summed E-state index contributed by atoms with van der Waals surface area (Å²) in [6, 6.07) is 0. The van der Waals surface area contributed by atoms with E-state index in [2.05, 4.69) is 4.98 Å². The molecule has 50 valence electrons. The van der Waals surface area contributed by atoms with Crippen molar-refractivity contribution >= 4 is 11.3 Å². The molecule has 0 saturated carbocycles. The molecular weight excluding hydrogens is 144 g/mol. The van der Waals surface area contributed by atoms with Crippen molar-refractivity contribution in [3.05, 3.63) is 16.6 Å². The highest BCUT2D eigenvalue weighted by Crippen LogP contribution is 2.27. The normalized spacial score (nSPS) is 11.9. The van der Waals surface area contributed by atoms with Crippen LogP contribution in [0.1, 0.15) is 11.9 Å². The van der Waals surface area contributed by atoms with Crippen LogP contribution in [0, 0.1) is 0 Å². The van der Waals surface area contributed by atoms with Gasteiger partial charge in [0, 0.05) is 18.5 Å². The van der Waals surface area contributed by atoms with Gasteiger partial charge >= 0.3 is 0 Å². The second-order valence-electron chi connectivity index (χ2n) is 1.73. The van der Waals surface area contributed by atoms with Crippen molar-refractivity contribution in [1.82, 2.24) is 4.98 Å². The first-order chi connectivity index (χ1) is 4.11. The molecule has 0 N–H and O–H groups in total. The topological polar surface area (TPSA) is 12.9 Å². The molecule has 0 aliphatic rings. The SMILES string of the molecule is CC(F)(F)c1nccs1. The Morgan fingerprint density at radius 1 is 1.67 bits per heavy atom. The Labute approximate surface area is 55.4 Å². The molecule has 0 amide bonds. The van der Waals surface area contributed by atoms with Crippen LogP contribution in [0.25, 0.3) is 0 Å². The van der Waals surface area contributed by atoms with Crippen molar-refractivity contribution < 1.29 is 8.78 Å². The molecule has 0 fully saturated rings. The molecule has 0 unspecified atom stereocenters. The average Bonchev–Trinajstić information content (AvgIpc) is 2.08. The second-order valence-corrected chi connectivity index (χ2v) is 2.62. The lowest BCUT2D eigenvalue weighted by molar-refractivity contribution is 0.0172. The van der Waals surface area contributed by atoms with Crippen LogP contribution in [0.2, 0.25) is 0 Å². The van der Waals surface area contributed by atoms with E-state index in [-0.39, 0.29) is 5.01 Å². The van der Waals surface area contributed by atoms with E-state index in [9.17, 15) is 8.78 Å². The highest BCUT2D eigenvalue weighted by Gasteiger charge is 2.26. The zero-order valence-electron chi connectivity index (χ0n) is 4.77. The molecule has 1 heterocycles. The monoisotopic (exact) mass is 149 g/mol. The number of rotatable bonds is 1. The summed E-state index contributed by atoms with van der Waals surface area (Å²) in [6.07, 6.45) is 1.37. The van der Waals surface area contributed by atoms with Crippen molar-refractivity contribution in [2.45, 2.75) is 12.8 Å². The van der Waals surface area contributed by atoms with Gasteiger partial charge in [-0.25, -0.2) is 4.98 Å². The Hall–Kier alpha value is -0.510. The number of halogens is 2. The summed E-state index contributed by atoms with van der Waals surface area (Å²) >= 11 is 0.969. The highest BCUT2D eigenvalue weighted by atomic mass is 32.1. The van der Waals surface area contributed by atoms with Crippen LogP contribution in [0.4, 0.5) is 8.78 Å². The molecule has 0 bridgehead atoms. The summed E-state index contributed by atoms with van der Waals surface area (Å²) in [5.41, 5.74) is 0. The maximum Gasteiger partial charge on any atom is 0.296 e. The van der Waals surface area contributed by atoms with Gasteiger partial charge in [0.25, 0.3) is 5.92 Å². The summed E-state index contributed by atoms with van der Waals surface area (Å²) < 4.78 is 24.5. The molecule has 9 heavy (non-hydrogen) atoms. The van der Waals surface area contributed by atoms with Gasteiger partial charge in [-0.2, -0.15) is 8.78 Å². The van der Waals surface area contributed by atoms with Gasteiger partial charge in [-0.15, -0.1) is 11.3 Å². The van der Waals surface area contributed by atoms with Crippen molar-refractivity contribution in [1.29, 1.82) is 0 Å². The lowest BCUT2D eigenvalue weighted by Crippen LogP contribution is -2.05. The summed E-state index contributed by atoms with van der Waals surface area (Å²) in [4.78, 5) is 3.46. The predicted octanol–water partition coefficient (Wildman–Crippen LogP) is 2.25. The number of nitrogens with zero attached hydrogens (tertiary/aromatic N) is 1. The number of hydrogen-bond acceptors (Lipinski definition) is 2. The first kappa shape index (κ1) is 6.61. The van der Waals surface area contributed by atoms with Crippen molar-refractivity contribution in [3.8, 4) is 0 Å². The number of aromatic nitrogens is 1. The molecule has 4 heteroatoms. The van der Waals surface area contributed by atoms with Gasteiger partial charge < -0.3 is 0 Å². The molecule has 0 spiro atoms. The van der Waals surface area contributed by atoms with Gasteiger partial charge in [0.05, 0.1) is 0 Å². The zero-order valence-corrected chi connectivity index (χ0v) is 5.58. The highest BCUT2D eigenvalue weighted by molar-refractivity contribution is 7.09. The van der Waals surface area contributed by atoms with E-state index in [1.54, 1.807) is 0 Å². The molecule has 1 nitrogen and oxygen atoms in total. The molecule has 1 aromatic heterocycles. The quantitative estimate of drug-likeness (QED) is 0.596. The van der Waals surface area contributed by atoms with Gasteiger partial charge in [0.1, 0.15) is 0 Å². The number of alkyl halides is 2. The summed E-state index contributed by atoms with van der Waals surface area (Å²) in [6.45, 7) is 0.839. The van der Waals surface area contributed by atoms with E-state index in [1.165, 1.54) is 11.6 Å². The first-order valence-electron chi connectivity index (χ1n) is 2.38. The average molecular weight is 149 g/mol. The smallest absolute Gasteiger partial charge is 0.243 e. The molecule has 0 saturated heterocycles. The molecule has 1 aromatic rings. The predicted molar refractivity (Wildman–Crippen MR) is 31.7 cm³/mol. The minimum atomic E-state index is -2.77. The van der Waals surface area contributed by atoms with Crippen molar-refractivity contribution in [2.24, 2.45) is 0 Å². The standard InChI is InChI=1S/C5H5F2NS/c1-5(6,7)4-8-2-3-9-4/h2-3H,1H3. The molecule has 0 aliphatic heterocycles. The summed E-state index contributed by atoms with van der Waals surface area (Å²) in [7, 11) is 0. The Bertz CT molecular complexity index is 177. The Morgan fingerprint density at radius 3 is 2.56 bits per heavy atom. The summed E-state index contributed by atoms with van der Waals surface area (Å²) in [5.74, 6) is -2.77. The molecule has 1 rings (SSSR count). The third-order valence-corrected chi connectivity index (χ3v) is 1.75. The van der Waals surface area contributed by atoms with Gasteiger partial charge in [-0.1, -0.05) is 0 Å². The molecule has 0 atom stereocenters. The third kappa shape index (κ3) is 1.45. The van der Waals surface area contributed by atoms with Crippen molar-refractivity contribution in [3.63, 3.8) is 0 Å². The minimum Gasteiger partial charge on any atom is -0.243 e. The Kier molecular flexibility index (Phi) is 1.48. The van der Waals surface area contributed by atoms with Gasteiger partial charge in [0.2, 0.25) is 0 Å². The largest absolute Gasteiger partial charge is 0.296 e.